The molecule has 0 saturated carbocycles. The highest BCUT2D eigenvalue weighted by molar-refractivity contribution is 7.99. The fourth-order valence-electron chi connectivity index (χ4n) is 6.94. The molecule has 1 aliphatic carbocycles. The summed E-state index contributed by atoms with van der Waals surface area (Å²) in [6.45, 7) is 5.01. The minimum absolute atomic E-state index is 0.0944. The Morgan fingerprint density at radius 2 is 0.868 bits per heavy atom. The van der Waals surface area contributed by atoms with Crippen molar-refractivity contribution in [3.63, 3.8) is 0 Å². The quantitative estimate of drug-likeness (QED) is 0.0729. The average molecular weight is 741 g/mol. The van der Waals surface area contributed by atoms with Gasteiger partial charge < -0.3 is 4.74 Å². The third-order valence-corrected chi connectivity index (χ3v) is 12.2. The molecule has 5 heteroatoms. The predicted octanol–water partition coefficient (Wildman–Crippen LogP) is 13.8. The summed E-state index contributed by atoms with van der Waals surface area (Å²) in [5.74, 6) is 0.599. The molecule has 6 rings (SSSR count). The molecular weight excluding hydrogens is 689 g/mol. The van der Waals surface area contributed by atoms with Crippen molar-refractivity contribution in [2.75, 3.05) is 0 Å². The molecule has 0 unspecified atom stereocenters. The van der Waals surface area contributed by atoms with Gasteiger partial charge in [0.25, 0.3) is 0 Å². The van der Waals surface area contributed by atoms with Crippen LogP contribution in [0.25, 0.3) is 0 Å². The van der Waals surface area contributed by atoms with E-state index in [4.69, 9.17) is 4.74 Å². The Balaban J connectivity index is 1.06. The fourth-order valence-corrected chi connectivity index (χ4v) is 8.90. The number of aryl methyl sites for hydroxylation is 2. The monoisotopic (exact) mass is 740 g/mol. The van der Waals surface area contributed by atoms with E-state index in [0.717, 1.165) is 43.7 Å². The maximum atomic E-state index is 14.1. The summed E-state index contributed by atoms with van der Waals surface area (Å²) in [6.07, 6.45) is 16.5. The molecule has 0 aliphatic heterocycles. The number of unbranched alkanes of at least 4 members (excludes halogenated alkanes) is 9. The number of fused-ring (bicyclic) bond motifs is 2. The lowest BCUT2D eigenvalue weighted by molar-refractivity contribution is 0.0974. The number of hydrogen-bond acceptors (Lipinski definition) is 5. The molecule has 5 aromatic rings. The van der Waals surface area contributed by atoms with Crippen LogP contribution < -0.4 is 4.74 Å². The zero-order valence-electron chi connectivity index (χ0n) is 31.3. The van der Waals surface area contributed by atoms with Gasteiger partial charge in [-0.05, 0) is 90.9 Å². The lowest BCUT2D eigenvalue weighted by atomic mass is 9.84. The van der Waals surface area contributed by atoms with Crippen LogP contribution in [-0.2, 0) is 19.4 Å². The first-order chi connectivity index (χ1) is 26.0. The van der Waals surface area contributed by atoms with Crippen molar-refractivity contribution in [3.05, 3.63) is 148 Å². The maximum absolute atomic E-state index is 14.1. The van der Waals surface area contributed by atoms with E-state index in [2.05, 4.69) is 62.4 Å². The zero-order valence-corrected chi connectivity index (χ0v) is 33.0. The molecule has 1 aliphatic rings. The molecule has 0 bridgehead atoms. The Morgan fingerprint density at radius 3 is 1.36 bits per heavy atom. The first-order valence-corrected chi connectivity index (χ1v) is 21.3. The second-order valence-corrected chi connectivity index (χ2v) is 16.4. The van der Waals surface area contributed by atoms with Crippen LogP contribution >= 0.6 is 23.5 Å². The molecule has 274 valence electrons. The summed E-state index contributed by atoms with van der Waals surface area (Å²) in [5.41, 5.74) is 5.82. The van der Waals surface area contributed by atoms with Gasteiger partial charge in [0.2, 0.25) is 0 Å². The molecule has 0 radical (unpaired) electrons. The molecular formula is C48H52O3S2. The van der Waals surface area contributed by atoms with E-state index in [1.165, 1.54) is 93.5 Å². The third-order valence-electron chi connectivity index (χ3n) is 10.0. The molecule has 0 amide bonds. The Hall–Kier alpha value is -4.06. The van der Waals surface area contributed by atoms with E-state index in [1.807, 2.05) is 48.5 Å². The molecule has 3 nitrogen and oxygen atoms in total. The van der Waals surface area contributed by atoms with Gasteiger partial charge in [-0.2, -0.15) is 0 Å². The van der Waals surface area contributed by atoms with Gasteiger partial charge in [-0.15, -0.1) is 0 Å². The van der Waals surface area contributed by atoms with Crippen molar-refractivity contribution in [1.82, 2.24) is 0 Å². The number of carbonyl (C=O) groups excluding carboxylic acids is 2. The van der Waals surface area contributed by atoms with Crippen molar-refractivity contribution in [1.29, 1.82) is 0 Å². The molecule has 5 aromatic carbocycles. The molecule has 0 atom stereocenters. The van der Waals surface area contributed by atoms with E-state index in [-0.39, 0.29) is 11.6 Å². The van der Waals surface area contributed by atoms with Gasteiger partial charge in [0.1, 0.15) is 12.4 Å². The summed E-state index contributed by atoms with van der Waals surface area (Å²) in [7, 11) is 0. The normalized spacial score (nSPS) is 12.1. The van der Waals surface area contributed by atoms with Crippen molar-refractivity contribution in [2.24, 2.45) is 0 Å². The molecule has 0 spiro atoms. The van der Waals surface area contributed by atoms with Gasteiger partial charge in [0.05, 0.1) is 0 Å². The van der Waals surface area contributed by atoms with E-state index in [1.54, 1.807) is 23.9 Å². The smallest absolute Gasteiger partial charge is 0.195 e. The SMILES string of the molecule is CCCCCCCCc1ccc(COc2ccc(Sc3cccc4c3C(=O)c3cccc(Sc5ccc(CCCCCCC)cc5)c3C4=O)cc2)cc1. The predicted molar refractivity (Wildman–Crippen MR) is 221 cm³/mol. The third kappa shape index (κ3) is 10.5. The van der Waals surface area contributed by atoms with Crippen LogP contribution in [0.15, 0.2) is 129 Å². The highest BCUT2D eigenvalue weighted by atomic mass is 32.2. The van der Waals surface area contributed by atoms with Gasteiger partial charge in [-0.3, -0.25) is 9.59 Å². The minimum Gasteiger partial charge on any atom is -0.489 e. The molecule has 0 heterocycles. The Kier molecular flexibility index (Phi) is 14.5. The highest BCUT2D eigenvalue weighted by Crippen LogP contribution is 2.41. The topological polar surface area (TPSA) is 43.4 Å². The van der Waals surface area contributed by atoms with Gasteiger partial charge >= 0.3 is 0 Å². The second-order valence-electron chi connectivity index (χ2n) is 14.1. The summed E-state index contributed by atoms with van der Waals surface area (Å²) in [5, 5.41) is 0. The van der Waals surface area contributed by atoms with Crippen molar-refractivity contribution >= 4 is 35.1 Å². The first-order valence-electron chi connectivity index (χ1n) is 19.6. The number of benzene rings is 5. The van der Waals surface area contributed by atoms with E-state index >= 15 is 0 Å². The number of ketones is 2. The number of carbonyl (C=O) groups is 2. The molecule has 0 saturated heterocycles. The number of ether oxygens (including phenoxy) is 1. The summed E-state index contributed by atoms with van der Waals surface area (Å²) in [6, 6.07) is 36.6. The van der Waals surface area contributed by atoms with Crippen molar-refractivity contribution < 1.29 is 14.3 Å². The molecule has 53 heavy (non-hydrogen) atoms. The van der Waals surface area contributed by atoms with Gasteiger partial charge in [-0.1, -0.05) is 156 Å². The van der Waals surface area contributed by atoms with Crippen LogP contribution in [0.5, 0.6) is 5.75 Å². The van der Waals surface area contributed by atoms with Crippen molar-refractivity contribution in [2.45, 2.75) is 124 Å². The second kappa shape index (κ2) is 19.9. The molecule has 0 N–H and O–H groups in total. The number of rotatable bonds is 20. The van der Waals surface area contributed by atoms with E-state index in [9.17, 15) is 9.59 Å². The van der Waals surface area contributed by atoms with Crippen LogP contribution in [0.3, 0.4) is 0 Å². The first kappa shape index (κ1) is 38.7. The lowest BCUT2D eigenvalue weighted by Gasteiger charge is -2.22. The summed E-state index contributed by atoms with van der Waals surface area (Å²) in [4.78, 5) is 31.8. The van der Waals surface area contributed by atoms with E-state index < -0.39 is 0 Å². The fraction of sp³-hybridized carbons (Fsp3) is 0.333. The largest absolute Gasteiger partial charge is 0.489 e. The Bertz CT molecular complexity index is 1950. The summed E-state index contributed by atoms with van der Waals surface area (Å²) < 4.78 is 6.11. The van der Waals surface area contributed by atoms with Gasteiger partial charge in [0.15, 0.2) is 11.6 Å². The standard InChI is InChI=1S/C48H52O3S2/c1-3-5-7-9-11-13-16-35-22-24-37(25-23-35)34-51-38-28-32-40(33-29-38)53-44-21-15-19-42-46(44)48(50)41-18-14-20-43(45(41)47(42)49)52-39-30-26-36(27-31-39)17-12-10-8-6-4-2/h14-15,18-33H,3-13,16-17,34H2,1-2H3. The van der Waals surface area contributed by atoms with E-state index in [0.29, 0.717) is 28.9 Å². The molecule has 0 aromatic heterocycles. The van der Waals surface area contributed by atoms with Crippen LogP contribution in [0, 0.1) is 0 Å². The van der Waals surface area contributed by atoms with Crippen LogP contribution in [-0.4, -0.2) is 11.6 Å². The van der Waals surface area contributed by atoms with Gasteiger partial charge in [-0.25, -0.2) is 0 Å². The van der Waals surface area contributed by atoms with Crippen molar-refractivity contribution in [3.8, 4) is 5.75 Å². The van der Waals surface area contributed by atoms with Crippen LogP contribution in [0.1, 0.15) is 133 Å². The highest BCUT2D eigenvalue weighted by Gasteiger charge is 2.33. The van der Waals surface area contributed by atoms with Crippen LogP contribution in [0.4, 0.5) is 0 Å². The Morgan fingerprint density at radius 1 is 0.453 bits per heavy atom. The summed E-state index contributed by atoms with van der Waals surface area (Å²) >= 11 is 3.06. The Labute approximate surface area is 325 Å². The average Bonchev–Trinajstić information content (AvgIpc) is 3.19. The lowest BCUT2D eigenvalue weighted by Crippen LogP contribution is -2.22. The maximum Gasteiger partial charge on any atom is 0.195 e. The zero-order chi connectivity index (χ0) is 36.8. The minimum atomic E-state index is -0.100. The number of hydrogen-bond donors (Lipinski definition) is 0. The van der Waals surface area contributed by atoms with Gasteiger partial charge in [0, 0.05) is 41.8 Å². The van der Waals surface area contributed by atoms with Crippen LogP contribution in [0.2, 0.25) is 0 Å². The molecule has 0 fully saturated rings.